The first kappa shape index (κ1) is 31.4. The van der Waals surface area contributed by atoms with Gasteiger partial charge in [0.25, 0.3) is 0 Å². The van der Waals surface area contributed by atoms with Gasteiger partial charge in [0.2, 0.25) is 0 Å². The maximum absolute atomic E-state index is 10.8. The second-order valence-electron chi connectivity index (χ2n) is 5.55. The van der Waals surface area contributed by atoms with Crippen LogP contribution in [0.3, 0.4) is 0 Å². The van der Waals surface area contributed by atoms with Crippen LogP contribution in [-0.2, 0) is 11.2 Å². The molecule has 2 aromatic rings. The number of hydrogen-bond acceptors (Lipinski definition) is 2. The van der Waals surface area contributed by atoms with Gasteiger partial charge in [0.05, 0.1) is 6.42 Å². The Labute approximate surface area is 180 Å². The molecule has 3 heteroatoms. The Morgan fingerprint density at radius 3 is 1.45 bits per heavy atom. The molecule has 0 heterocycles. The Bertz CT molecular complexity index is 645. The third kappa shape index (κ3) is 12.7. The topological polar surface area (TPSA) is 46.5 Å². The highest BCUT2D eigenvalue weighted by molar-refractivity contribution is 5.70. The summed E-state index contributed by atoms with van der Waals surface area (Å²) in [6.07, 6.45) is 0.0332. The highest BCUT2D eigenvalue weighted by Crippen LogP contribution is 2.31. The lowest BCUT2D eigenvalue weighted by Gasteiger charge is -2.14. The van der Waals surface area contributed by atoms with Gasteiger partial charge in [-0.25, -0.2) is 0 Å². The summed E-state index contributed by atoms with van der Waals surface area (Å²) in [4.78, 5) is 10.8. The third-order valence-corrected chi connectivity index (χ3v) is 3.29. The molecule has 0 atom stereocenters. The monoisotopic (exact) mass is 404 g/mol. The van der Waals surface area contributed by atoms with Gasteiger partial charge in [0.15, 0.2) is 0 Å². The molecule has 0 saturated heterocycles. The first-order chi connectivity index (χ1) is 13.8. The van der Waals surface area contributed by atoms with E-state index >= 15 is 0 Å². The molecule has 0 aromatic heterocycles. The van der Waals surface area contributed by atoms with E-state index in [0.717, 1.165) is 39.3 Å². The van der Waals surface area contributed by atoms with Gasteiger partial charge in [-0.1, -0.05) is 73.6 Å². The Hall–Kier alpha value is -2.29. The average molecular weight is 405 g/mol. The lowest BCUT2D eigenvalue weighted by Crippen LogP contribution is -2.02. The molecular formula is C26H44O3. The molecule has 0 fully saturated rings. The van der Waals surface area contributed by atoms with E-state index < -0.39 is 5.97 Å². The van der Waals surface area contributed by atoms with Crippen molar-refractivity contribution in [2.24, 2.45) is 0 Å². The van der Waals surface area contributed by atoms with E-state index in [0.29, 0.717) is 0 Å². The van der Waals surface area contributed by atoms with Crippen molar-refractivity contribution >= 4 is 5.97 Å². The van der Waals surface area contributed by atoms with Crippen molar-refractivity contribution < 1.29 is 14.6 Å². The lowest BCUT2D eigenvalue weighted by atomic mass is 10.0. The molecule has 1 N–H and O–H groups in total. The molecule has 0 bridgehead atoms. The van der Waals surface area contributed by atoms with Gasteiger partial charge in [-0.15, -0.1) is 0 Å². The zero-order valence-electron chi connectivity index (χ0n) is 20.9. The number of carboxylic acid groups (broad SMARTS) is 1. The minimum Gasteiger partial charge on any atom is -0.481 e. The van der Waals surface area contributed by atoms with Crippen LogP contribution in [0.5, 0.6) is 11.5 Å². The molecule has 0 aliphatic carbocycles. The van der Waals surface area contributed by atoms with Crippen LogP contribution in [0.4, 0.5) is 0 Å². The van der Waals surface area contributed by atoms with Crippen LogP contribution in [-0.4, -0.2) is 11.1 Å². The van der Waals surface area contributed by atoms with E-state index in [4.69, 9.17) is 9.84 Å². The van der Waals surface area contributed by atoms with E-state index in [2.05, 4.69) is 6.07 Å². The van der Waals surface area contributed by atoms with Crippen LogP contribution in [0, 0.1) is 27.7 Å². The summed E-state index contributed by atoms with van der Waals surface area (Å²) in [7, 11) is 0. The Morgan fingerprint density at radius 2 is 1.10 bits per heavy atom. The third-order valence-electron chi connectivity index (χ3n) is 3.29. The maximum atomic E-state index is 10.8. The molecule has 0 aliphatic rings. The maximum Gasteiger partial charge on any atom is 0.307 e. The van der Waals surface area contributed by atoms with Crippen molar-refractivity contribution in [3.63, 3.8) is 0 Å². The number of benzene rings is 2. The Morgan fingerprint density at radius 1 is 0.724 bits per heavy atom. The Kier molecular flexibility index (Phi) is 20.6. The van der Waals surface area contributed by atoms with E-state index in [1.807, 2.05) is 107 Å². The number of carboxylic acids is 1. The minimum atomic E-state index is -0.822. The van der Waals surface area contributed by atoms with Crippen molar-refractivity contribution in [3.05, 3.63) is 58.1 Å². The first-order valence-corrected chi connectivity index (χ1v) is 10.9. The fraction of sp³-hybridized carbons (Fsp3) is 0.500. The molecule has 29 heavy (non-hydrogen) atoms. The van der Waals surface area contributed by atoms with Gasteiger partial charge in [-0.3, -0.25) is 4.79 Å². The second kappa shape index (κ2) is 19.0. The zero-order chi connectivity index (χ0) is 23.6. The van der Waals surface area contributed by atoms with Gasteiger partial charge in [0, 0.05) is 0 Å². The van der Waals surface area contributed by atoms with Crippen LogP contribution in [0.2, 0.25) is 0 Å². The largest absolute Gasteiger partial charge is 0.481 e. The van der Waals surface area contributed by atoms with Gasteiger partial charge in [-0.2, -0.15) is 0 Å². The van der Waals surface area contributed by atoms with E-state index in [1.165, 1.54) is 0 Å². The number of aliphatic carboxylic acids is 1. The van der Waals surface area contributed by atoms with E-state index in [-0.39, 0.29) is 6.42 Å². The number of ether oxygens (including phenoxy) is 1. The average Bonchev–Trinajstić information content (AvgIpc) is 2.70. The number of aryl methyl sites for hydroxylation is 4. The normalized spacial score (nSPS) is 8.41. The van der Waals surface area contributed by atoms with Crippen LogP contribution < -0.4 is 4.74 Å². The highest BCUT2D eigenvalue weighted by Gasteiger charge is 2.10. The van der Waals surface area contributed by atoms with Crippen LogP contribution in [0.1, 0.15) is 83.2 Å². The van der Waals surface area contributed by atoms with E-state index in [1.54, 1.807) is 0 Å². The SMILES string of the molecule is CC.CC.CC.CC.Cc1cc(C)cc(Oc2c(C)cc(CC(=O)O)cc2C)c1. The molecule has 2 aromatic carbocycles. The second-order valence-corrected chi connectivity index (χ2v) is 5.55. The molecule has 0 saturated carbocycles. The lowest BCUT2D eigenvalue weighted by molar-refractivity contribution is -0.136. The van der Waals surface area contributed by atoms with Crippen LogP contribution in [0.15, 0.2) is 30.3 Å². The molecule has 166 valence electrons. The summed E-state index contributed by atoms with van der Waals surface area (Å²) in [5.74, 6) is 0.788. The molecule has 0 aliphatic heterocycles. The summed E-state index contributed by atoms with van der Waals surface area (Å²) in [5.41, 5.74) is 5.01. The van der Waals surface area contributed by atoms with Crippen molar-refractivity contribution in [1.29, 1.82) is 0 Å². The van der Waals surface area contributed by atoms with E-state index in [9.17, 15) is 4.79 Å². The molecular weight excluding hydrogens is 360 g/mol. The minimum absolute atomic E-state index is 0.0332. The van der Waals surface area contributed by atoms with Crippen molar-refractivity contribution in [3.8, 4) is 11.5 Å². The quantitative estimate of drug-likeness (QED) is 0.556. The predicted octanol–water partition coefficient (Wildman–Crippen LogP) is 8.44. The summed E-state index contributed by atoms with van der Waals surface area (Å²) in [6.45, 7) is 24.0. The summed E-state index contributed by atoms with van der Waals surface area (Å²) >= 11 is 0. The van der Waals surface area contributed by atoms with Crippen molar-refractivity contribution in [2.45, 2.75) is 89.5 Å². The standard InChI is InChI=1S/C18H20O3.4C2H6/c1-11-5-12(2)7-16(6-11)21-18-13(3)8-15(9-14(18)4)10-17(19)20;4*1-2/h5-9H,10H2,1-4H3,(H,19,20);4*1-2H3. The summed E-state index contributed by atoms with van der Waals surface area (Å²) in [6, 6.07) is 9.84. The molecule has 0 spiro atoms. The molecule has 2 rings (SSSR count). The van der Waals surface area contributed by atoms with Crippen LogP contribution in [0.25, 0.3) is 0 Å². The first-order valence-electron chi connectivity index (χ1n) is 10.9. The smallest absolute Gasteiger partial charge is 0.307 e. The fourth-order valence-corrected chi connectivity index (χ4v) is 2.59. The van der Waals surface area contributed by atoms with Crippen molar-refractivity contribution in [1.82, 2.24) is 0 Å². The molecule has 0 amide bonds. The Balaban J connectivity index is -0.000000754. The predicted molar refractivity (Wildman–Crippen MR) is 129 cm³/mol. The van der Waals surface area contributed by atoms with Gasteiger partial charge in [-0.05, 0) is 67.6 Å². The number of hydrogen-bond donors (Lipinski definition) is 1. The fourth-order valence-electron chi connectivity index (χ4n) is 2.59. The van der Waals surface area contributed by atoms with Gasteiger partial charge < -0.3 is 9.84 Å². The van der Waals surface area contributed by atoms with Crippen LogP contribution >= 0.6 is 0 Å². The molecule has 3 nitrogen and oxygen atoms in total. The summed E-state index contributed by atoms with van der Waals surface area (Å²) in [5, 5.41) is 8.88. The number of rotatable bonds is 4. The molecule has 0 unspecified atom stereocenters. The highest BCUT2D eigenvalue weighted by atomic mass is 16.5. The van der Waals surface area contributed by atoms with Crippen molar-refractivity contribution in [2.75, 3.05) is 0 Å². The van der Waals surface area contributed by atoms with Gasteiger partial charge >= 0.3 is 5.97 Å². The summed E-state index contributed by atoms with van der Waals surface area (Å²) < 4.78 is 6.01. The number of carbonyl (C=O) groups is 1. The van der Waals surface area contributed by atoms with Gasteiger partial charge in [0.1, 0.15) is 11.5 Å². The molecule has 0 radical (unpaired) electrons. The zero-order valence-corrected chi connectivity index (χ0v) is 20.9.